The lowest BCUT2D eigenvalue weighted by atomic mass is 10.0. The number of hydrogen-bond donors (Lipinski definition) is 0. The van der Waals surface area contributed by atoms with Crippen LogP contribution in [-0.2, 0) is 0 Å². The summed E-state index contributed by atoms with van der Waals surface area (Å²) < 4.78 is 0. The smallest absolute Gasteiger partial charge is 0.0814 e. The van der Waals surface area contributed by atoms with Gasteiger partial charge in [0.25, 0.3) is 0 Å². The molecule has 0 bridgehead atoms. The van der Waals surface area contributed by atoms with Crippen molar-refractivity contribution in [2.24, 2.45) is 9.98 Å². The van der Waals surface area contributed by atoms with Crippen molar-refractivity contribution in [2.75, 3.05) is 13.6 Å². The summed E-state index contributed by atoms with van der Waals surface area (Å²) in [5.41, 5.74) is 4.08. The second kappa shape index (κ2) is 7.19. The van der Waals surface area contributed by atoms with Crippen LogP contribution in [0.25, 0.3) is 0 Å². The van der Waals surface area contributed by atoms with Gasteiger partial charge >= 0.3 is 0 Å². The van der Waals surface area contributed by atoms with E-state index in [9.17, 15) is 0 Å². The molecule has 0 fully saturated rings. The lowest BCUT2D eigenvalue weighted by Crippen LogP contribution is -2.07. The average molecular weight is 262 g/mol. The van der Waals surface area contributed by atoms with E-state index in [-0.39, 0.29) is 0 Å². The summed E-state index contributed by atoms with van der Waals surface area (Å²) in [6, 6.07) is 20.4. The first kappa shape index (κ1) is 13.9. The Bertz CT molecular complexity index is 569. The molecule has 0 aliphatic carbocycles. The minimum atomic E-state index is 0.541. The largest absolute Gasteiger partial charge is 0.291 e. The van der Waals surface area contributed by atoms with Crippen LogP contribution in [0.4, 0.5) is 0 Å². The maximum Gasteiger partial charge on any atom is 0.0814 e. The fourth-order valence-corrected chi connectivity index (χ4v) is 1.93. The van der Waals surface area contributed by atoms with Gasteiger partial charge in [0, 0.05) is 18.2 Å². The molecule has 0 amide bonds. The molecule has 2 rings (SSSR count). The zero-order valence-corrected chi connectivity index (χ0v) is 11.7. The van der Waals surface area contributed by atoms with Crippen LogP contribution in [0.3, 0.4) is 0 Å². The number of rotatable bonds is 5. The Balaban J connectivity index is 2.40. The van der Waals surface area contributed by atoms with Crippen molar-refractivity contribution in [2.45, 2.75) is 0 Å². The number of hydrogen-bond acceptors (Lipinski definition) is 2. The first-order chi connectivity index (χ1) is 9.85. The average Bonchev–Trinajstić information content (AvgIpc) is 2.53. The van der Waals surface area contributed by atoms with E-state index in [4.69, 9.17) is 4.99 Å². The van der Waals surface area contributed by atoms with Crippen LogP contribution < -0.4 is 0 Å². The molecule has 20 heavy (non-hydrogen) atoms. The van der Waals surface area contributed by atoms with Gasteiger partial charge in [0.1, 0.15) is 0 Å². The second-order valence-electron chi connectivity index (χ2n) is 4.32. The van der Waals surface area contributed by atoms with Gasteiger partial charge in [0.15, 0.2) is 0 Å². The molecular weight excluding hydrogens is 244 g/mol. The molecule has 0 saturated carbocycles. The first-order valence-electron chi connectivity index (χ1n) is 6.58. The minimum Gasteiger partial charge on any atom is -0.291 e. The highest BCUT2D eigenvalue weighted by atomic mass is 14.8. The number of benzene rings is 2. The van der Waals surface area contributed by atoms with E-state index in [1.807, 2.05) is 36.4 Å². The number of nitrogens with zero attached hydrogens (tertiary/aromatic N) is 2. The molecule has 0 heterocycles. The van der Waals surface area contributed by atoms with E-state index in [1.165, 1.54) is 0 Å². The molecule has 0 saturated heterocycles. The summed E-state index contributed by atoms with van der Waals surface area (Å²) in [5.74, 6) is 0. The first-order valence-corrected chi connectivity index (χ1v) is 6.58. The van der Waals surface area contributed by atoms with Crippen LogP contribution in [0.2, 0.25) is 0 Å². The molecule has 2 nitrogen and oxygen atoms in total. The zero-order valence-electron chi connectivity index (χ0n) is 11.7. The van der Waals surface area contributed by atoms with E-state index in [0.29, 0.717) is 6.54 Å². The van der Waals surface area contributed by atoms with Gasteiger partial charge in [0.2, 0.25) is 0 Å². The lowest BCUT2D eigenvalue weighted by molar-refractivity contribution is 1.26. The van der Waals surface area contributed by atoms with Gasteiger partial charge in [-0.15, -0.1) is 0 Å². The van der Waals surface area contributed by atoms with Gasteiger partial charge in [-0.2, -0.15) is 0 Å². The molecule has 2 heteroatoms. The monoisotopic (exact) mass is 262 g/mol. The zero-order chi connectivity index (χ0) is 14.2. The third kappa shape index (κ3) is 3.51. The van der Waals surface area contributed by atoms with Crippen molar-refractivity contribution in [3.05, 3.63) is 84.4 Å². The summed E-state index contributed by atoms with van der Waals surface area (Å²) in [4.78, 5) is 8.88. The molecule has 100 valence electrons. The minimum absolute atomic E-state index is 0.541. The Morgan fingerprint density at radius 3 is 1.85 bits per heavy atom. The molecule has 0 radical (unpaired) electrons. The SMILES string of the molecule is C=CC(CN=C(c1ccccc1)c1ccccc1)=NC. The highest BCUT2D eigenvalue weighted by Gasteiger charge is 2.05. The molecule has 2 aromatic carbocycles. The fourth-order valence-electron chi connectivity index (χ4n) is 1.93. The van der Waals surface area contributed by atoms with Gasteiger partial charge in [-0.3, -0.25) is 9.98 Å². The van der Waals surface area contributed by atoms with Crippen LogP contribution in [0.1, 0.15) is 11.1 Å². The molecule has 0 aliphatic rings. The summed E-state index contributed by atoms with van der Waals surface area (Å²) in [6.07, 6.45) is 1.75. The third-order valence-electron chi connectivity index (χ3n) is 3.02. The van der Waals surface area contributed by atoms with Crippen LogP contribution in [0.15, 0.2) is 83.3 Å². The highest BCUT2D eigenvalue weighted by Crippen LogP contribution is 2.11. The Kier molecular flexibility index (Phi) is 5.01. The Morgan fingerprint density at radius 2 is 1.45 bits per heavy atom. The summed E-state index contributed by atoms with van der Waals surface area (Å²) in [7, 11) is 1.76. The van der Waals surface area contributed by atoms with Gasteiger partial charge in [-0.1, -0.05) is 67.2 Å². The number of aliphatic imine (C=N–C) groups is 2. The van der Waals surface area contributed by atoms with E-state index < -0.39 is 0 Å². The Labute approximate surface area is 120 Å². The summed E-state index contributed by atoms with van der Waals surface area (Å²) in [6.45, 7) is 4.30. The topological polar surface area (TPSA) is 24.7 Å². The molecule has 0 N–H and O–H groups in total. The lowest BCUT2D eigenvalue weighted by Gasteiger charge is -2.07. The van der Waals surface area contributed by atoms with Gasteiger partial charge in [-0.25, -0.2) is 0 Å². The fraction of sp³-hybridized carbons (Fsp3) is 0.111. The van der Waals surface area contributed by atoms with Gasteiger partial charge < -0.3 is 0 Å². The summed E-state index contributed by atoms with van der Waals surface area (Å²) >= 11 is 0. The normalized spacial score (nSPS) is 10.9. The highest BCUT2D eigenvalue weighted by molar-refractivity contribution is 6.13. The summed E-state index contributed by atoms with van der Waals surface area (Å²) in [5, 5.41) is 0. The maximum atomic E-state index is 4.72. The van der Waals surface area contributed by atoms with Gasteiger partial charge in [-0.05, 0) is 6.08 Å². The van der Waals surface area contributed by atoms with Crippen molar-refractivity contribution in [1.82, 2.24) is 0 Å². The predicted molar refractivity (Wildman–Crippen MR) is 86.9 cm³/mol. The standard InChI is InChI=1S/C18H18N2/c1-3-17(19-2)14-20-18(15-10-6-4-7-11-15)16-12-8-5-9-13-16/h3-13H,1,14H2,2H3. The predicted octanol–water partition coefficient (Wildman–Crippen LogP) is 3.78. The van der Waals surface area contributed by atoms with Gasteiger partial charge in [0.05, 0.1) is 18.0 Å². The van der Waals surface area contributed by atoms with E-state index >= 15 is 0 Å². The molecule has 0 spiro atoms. The van der Waals surface area contributed by atoms with Crippen molar-refractivity contribution < 1.29 is 0 Å². The van der Waals surface area contributed by atoms with Crippen molar-refractivity contribution >= 4 is 11.4 Å². The quantitative estimate of drug-likeness (QED) is 0.733. The van der Waals surface area contributed by atoms with Crippen molar-refractivity contribution in [1.29, 1.82) is 0 Å². The van der Waals surface area contributed by atoms with E-state index in [0.717, 1.165) is 22.6 Å². The van der Waals surface area contributed by atoms with Crippen LogP contribution in [0, 0.1) is 0 Å². The molecule has 0 unspecified atom stereocenters. The van der Waals surface area contributed by atoms with Crippen molar-refractivity contribution in [3.63, 3.8) is 0 Å². The second-order valence-corrected chi connectivity index (χ2v) is 4.32. The van der Waals surface area contributed by atoms with E-state index in [1.54, 1.807) is 13.1 Å². The molecular formula is C18H18N2. The Morgan fingerprint density at radius 1 is 0.950 bits per heavy atom. The van der Waals surface area contributed by atoms with Crippen LogP contribution in [-0.4, -0.2) is 25.0 Å². The van der Waals surface area contributed by atoms with Crippen LogP contribution >= 0.6 is 0 Å². The Hall–Kier alpha value is -2.48. The van der Waals surface area contributed by atoms with Crippen molar-refractivity contribution in [3.8, 4) is 0 Å². The molecule has 2 aromatic rings. The molecule has 0 aliphatic heterocycles. The van der Waals surface area contributed by atoms with E-state index in [2.05, 4.69) is 35.8 Å². The maximum absolute atomic E-state index is 4.72. The molecule has 0 atom stereocenters. The van der Waals surface area contributed by atoms with Crippen LogP contribution in [0.5, 0.6) is 0 Å². The third-order valence-corrected chi connectivity index (χ3v) is 3.02. The molecule has 0 aromatic heterocycles.